The molecule has 0 fully saturated rings. The maximum Gasteiger partial charge on any atom is 0.0202 e. The molecule has 0 radical (unpaired) electrons. The van der Waals surface area contributed by atoms with E-state index in [-0.39, 0.29) is 0 Å². The van der Waals surface area contributed by atoms with Crippen LogP contribution in [-0.2, 0) is 13.0 Å². The van der Waals surface area contributed by atoms with Crippen molar-refractivity contribution in [3.8, 4) is 0 Å². The Bertz CT molecular complexity index is 191. The van der Waals surface area contributed by atoms with Crippen molar-refractivity contribution in [3.05, 3.63) is 35.4 Å². The molecule has 0 heterocycles. The molecule has 0 amide bonds. The van der Waals surface area contributed by atoms with E-state index in [2.05, 4.69) is 29.6 Å². The summed E-state index contributed by atoms with van der Waals surface area (Å²) in [5.41, 5.74) is 8.08. The minimum atomic E-state index is 0.728. The van der Waals surface area contributed by atoms with Gasteiger partial charge in [-0.25, -0.2) is 0 Å². The van der Waals surface area contributed by atoms with E-state index >= 15 is 0 Å². The molecular formula is C10H16N2. The van der Waals surface area contributed by atoms with Crippen molar-refractivity contribution in [2.75, 3.05) is 13.6 Å². The van der Waals surface area contributed by atoms with Crippen molar-refractivity contribution in [3.63, 3.8) is 0 Å². The van der Waals surface area contributed by atoms with Gasteiger partial charge < -0.3 is 11.1 Å². The lowest BCUT2D eigenvalue weighted by Gasteiger charge is -2.01. The Labute approximate surface area is 73.8 Å². The maximum absolute atomic E-state index is 5.44. The molecular weight excluding hydrogens is 148 g/mol. The molecule has 0 aliphatic carbocycles. The highest BCUT2D eigenvalue weighted by molar-refractivity contribution is 5.22. The standard InChI is InChI=1S/C10H16N2/c1-12-8-10-4-2-9(3-5-10)6-7-11/h2-5,12H,6-8,11H2,1H3. The van der Waals surface area contributed by atoms with Gasteiger partial charge in [0.2, 0.25) is 0 Å². The van der Waals surface area contributed by atoms with Crippen LogP contribution in [0.15, 0.2) is 24.3 Å². The molecule has 0 aliphatic rings. The molecule has 0 bridgehead atoms. The molecule has 0 spiro atoms. The summed E-state index contributed by atoms with van der Waals surface area (Å²) < 4.78 is 0. The van der Waals surface area contributed by atoms with Crippen molar-refractivity contribution in [1.82, 2.24) is 5.32 Å². The van der Waals surface area contributed by atoms with E-state index in [1.807, 2.05) is 7.05 Å². The van der Waals surface area contributed by atoms with Crippen LogP contribution >= 0.6 is 0 Å². The van der Waals surface area contributed by atoms with Crippen LogP contribution in [0.5, 0.6) is 0 Å². The number of rotatable bonds is 4. The highest BCUT2D eigenvalue weighted by Crippen LogP contribution is 2.03. The second-order valence-corrected chi connectivity index (χ2v) is 2.89. The van der Waals surface area contributed by atoms with Gasteiger partial charge in [-0.1, -0.05) is 24.3 Å². The van der Waals surface area contributed by atoms with Gasteiger partial charge in [0.15, 0.2) is 0 Å². The average molecular weight is 164 g/mol. The van der Waals surface area contributed by atoms with Crippen LogP contribution in [-0.4, -0.2) is 13.6 Å². The first kappa shape index (κ1) is 9.23. The molecule has 2 heteroatoms. The Morgan fingerprint density at radius 2 is 1.75 bits per heavy atom. The van der Waals surface area contributed by atoms with Crippen molar-refractivity contribution in [1.29, 1.82) is 0 Å². The Kier molecular flexibility index (Phi) is 3.77. The summed E-state index contributed by atoms with van der Waals surface area (Å²) >= 11 is 0. The molecule has 0 saturated heterocycles. The molecule has 0 aromatic heterocycles. The summed E-state index contributed by atoms with van der Waals surface area (Å²) in [6, 6.07) is 8.56. The number of nitrogens with two attached hydrogens (primary N) is 1. The molecule has 66 valence electrons. The van der Waals surface area contributed by atoms with Crippen LogP contribution in [0.1, 0.15) is 11.1 Å². The lowest BCUT2D eigenvalue weighted by atomic mass is 10.1. The van der Waals surface area contributed by atoms with Crippen LogP contribution in [0, 0.1) is 0 Å². The predicted octanol–water partition coefficient (Wildman–Crippen LogP) is 0.907. The van der Waals surface area contributed by atoms with E-state index in [0.29, 0.717) is 0 Å². The number of hydrogen-bond donors (Lipinski definition) is 2. The summed E-state index contributed by atoms with van der Waals surface area (Å²) in [5, 5.41) is 3.11. The Balaban J connectivity index is 2.58. The third kappa shape index (κ3) is 2.64. The zero-order valence-corrected chi connectivity index (χ0v) is 7.51. The van der Waals surface area contributed by atoms with Crippen LogP contribution in [0.3, 0.4) is 0 Å². The van der Waals surface area contributed by atoms with Crippen LogP contribution in [0.25, 0.3) is 0 Å². The van der Waals surface area contributed by atoms with Gasteiger partial charge in [0.25, 0.3) is 0 Å². The third-order valence-corrected chi connectivity index (χ3v) is 1.84. The van der Waals surface area contributed by atoms with E-state index in [9.17, 15) is 0 Å². The van der Waals surface area contributed by atoms with Crippen LogP contribution in [0.2, 0.25) is 0 Å². The Morgan fingerprint density at radius 3 is 2.25 bits per heavy atom. The minimum Gasteiger partial charge on any atom is -0.330 e. The molecule has 0 aliphatic heterocycles. The van der Waals surface area contributed by atoms with Gasteiger partial charge in [0.05, 0.1) is 0 Å². The topological polar surface area (TPSA) is 38.0 Å². The van der Waals surface area contributed by atoms with Crippen molar-refractivity contribution in [2.24, 2.45) is 5.73 Å². The first-order valence-corrected chi connectivity index (χ1v) is 4.29. The summed E-state index contributed by atoms with van der Waals surface area (Å²) in [6.07, 6.45) is 0.972. The van der Waals surface area contributed by atoms with Crippen molar-refractivity contribution >= 4 is 0 Å². The molecule has 0 atom stereocenters. The van der Waals surface area contributed by atoms with Gasteiger partial charge in [0.1, 0.15) is 0 Å². The Morgan fingerprint density at radius 1 is 1.17 bits per heavy atom. The highest BCUT2D eigenvalue weighted by atomic mass is 14.8. The molecule has 0 unspecified atom stereocenters. The van der Waals surface area contributed by atoms with Gasteiger partial charge in [-0.3, -0.25) is 0 Å². The number of hydrogen-bond acceptors (Lipinski definition) is 2. The number of nitrogens with one attached hydrogen (secondary N) is 1. The van der Waals surface area contributed by atoms with Gasteiger partial charge in [-0.2, -0.15) is 0 Å². The molecule has 12 heavy (non-hydrogen) atoms. The molecule has 3 N–H and O–H groups in total. The molecule has 0 saturated carbocycles. The molecule has 1 aromatic carbocycles. The normalized spacial score (nSPS) is 10.2. The monoisotopic (exact) mass is 164 g/mol. The van der Waals surface area contributed by atoms with Gasteiger partial charge >= 0.3 is 0 Å². The van der Waals surface area contributed by atoms with Crippen molar-refractivity contribution in [2.45, 2.75) is 13.0 Å². The zero-order valence-electron chi connectivity index (χ0n) is 7.51. The van der Waals surface area contributed by atoms with Gasteiger partial charge in [0, 0.05) is 6.54 Å². The van der Waals surface area contributed by atoms with Crippen LogP contribution < -0.4 is 11.1 Å². The summed E-state index contributed by atoms with van der Waals surface area (Å²) in [4.78, 5) is 0. The average Bonchev–Trinajstić information content (AvgIpc) is 2.09. The minimum absolute atomic E-state index is 0.728. The zero-order chi connectivity index (χ0) is 8.81. The van der Waals surface area contributed by atoms with Crippen molar-refractivity contribution < 1.29 is 0 Å². The number of benzene rings is 1. The van der Waals surface area contributed by atoms with Gasteiger partial charge in [-0.05, 0) is 31.1 Å². The highest BCUT2D eigenvalue weighted by Gasteiger charge is 1.92. The summed E-state index contributed by atoms with van der Waals surface area (Å²) in [6.45, 7) is 1.66. The molecule has 1 aromatic rings. The maximum atomic E-state index is 5.44. The van der Waals surface area contributed by atoms with E-state index in [1.165, 1.54) is 11.1 Å². The largest absolute Gasteiger partial charge is 0.330 e. The van der Waals surface area contributed by atoms with E-state index in [4.69, 9.17) is 5.73 Å². The van der Waals surface area contributed by atoms with Crippen LogP contribution in [0.4, 0.5) is 0 Å². The summed E-state index contributed by atoms with van der Waals surface area (Å²) in [5.74, 6) is 0. The quantitative estimate of drug-likeness (QED) is 0.694. The second-order valence-electron chi connectivity index (χ2n) is 2.89. The second kappa shape index (κ2) is 4.91. The fourth-order valence-electron chi connectivity index (χ4n) is 1.19. The summed E-state index contributed by atoms with van der Waals surface area (Å²) in [7, 11) is 1.95. The lowest BCUT2D eigenvalue weighted by Crippen LogP contribution is -2.05. The predicted molar refractivity (Wildman–Crippen MR) is 52.0 cm³/mol. The lowest BCUT2D eigenvalue weighted by molar-refractivity contribution is 0.816. The fourth-order valence-corrected chi connectivity index (χ4v) is 1.19. The third-order valence-electron chi connectivity index (χ3n) is 1.84. The first-order valence-electron chi connectivity index (χ1n) is 4.29. The fraction of sp³-hybridized carbons (Fsp3) is 0.400. The molecule has 1 rings (SSSR count). The first-order chi connectivity index (χ1) is 5.86. The molecule has 2 nitrogen and oxygen atoms in total. The van der Waals surface area contributed by atoms with E-state index in [1.54, 1.807) is 0 Å². The van der Waals surface area contributed by atoms with E-state index in [0.717, 1.165) is 19.5 Å². The van der Waals surface area contributed by atoms with E-state index < -0.39 is 0 Å². The van der Waals surface area contributed by atoms with Gasteiger partial charge in [-0.15, -0.1) is 0 Å². The SMILES string of the molecule is CNCc1ccc(CCN)cc1. The Hall–Kier alpha value is -0.860. The smallest absolute Gasteiger partial charge is 0.0202 e.